The normalized spacial score (nSPS) is 22.5. The van der Waals surface area contributed by atoms with E-state index in [-0.39, 0.29) is 0 Å². The lowest BCUT2D eigenvalue weighted by molar-refractivity contribution is 0.0419. The standard InChI is InChI=1S/C8H16NO2S/c1-12(10)8-2-3-9-4-6-11-7-5-9/h2H,3-8H2,1H3. The molecule has 0 aliphatic carbocycles. The predicted octanol–water partition coefficient (Wildman–Crippen LogP) is -0.0986. The van der Waals surface area contributed by atoms with Crippen LogP contribution in [0.5, 0.6) is 0 Å². The maximum absolute atomic E-state index is 10.7. The van der Waals surface area contributed by atoms with Crippen LogP contribution in [0.2, 0.25) is 0 Å². The second-order valence-corrected chi connectivity index (χ2v) is 4.42. The first-order valence-electron chi connectivity index (χ1n) is 4.21. The summed E-state index contributed by atoms with van der Waals surface area (Å²) >= 11 is -0.683. The van der Waals surface area contributed by atoms with Crippen LogP contribution >= 0.6 is 0 Å². The smallest absolute Gasteiger partial charge is 0.109 e. The van der Waals surface area contributed by atoms with Gasteiger partial charge in [0.25, 0.3) is 0 Å². The maximum Gasteiger partial charge on any atom is 0.109 e. The van der Waals surface area contributed by atoms with Gasteiger partial charge >= 0.3 is 0 Å². The number of hydrogen-bond acceptors (Lipinski definition) is 3. The van der Waals surface area contributed by atoms with Crippen molar-refractivity contribution < 1.29 is 9.29 Å². The summed E-state index contributed by atoms with van der Waals surface area (Å²) in [4.78, 5) is 2.32. The van der Waals surface area contributed by atoms with Gasteiger partial charge in [-0.25, -0.2) is 0 Å². The Morgan fingerprint density at radius 3 is 2.75 bits per heavy atom. The van der Waals surface area contributed by atoms with Crippen molar-refractivity contribution in [3.63, 3.8) is 0 Å². The molecule has 0 aromatic carbocycles. The molecule has 0 saturated carbocycles. The zero-order valence-corrected chi connectivity index (χ0v) is 8.31. The van der Waals surface area contributed by atoms with Crippen LogP contribution in [0.1, 0.15) is 0 Å². The minimum Gasteiger partial charge on any atom is -0.617 e. The van der Waals surface area contributed by atoms with Crippen LogP contribution in [0.3, 0.4) is 0 Å². The molecule has 0 N–H and O–H groups in total. The Bertz CT molecular complexity index is 116. The molecule has 0 bridgehead atoms. The Morgan fingerprint density at radius 1 is 1.50 bits per heavy atom. The van der Waals surface area contributed by atoms with E-state index in [0.29, 0.717) is 5.75 Å². The van der Waals surface area contributed by atoms with Gasteiger partial charge in [0, 0.05) is 26.1 Å². The average Bonchev–Trinajstić information content (AvgIpc) is 2.05. The molecular formula is C8H16NO2S. The van der Waals surface area contributed by atoms with Crippen LogP contribution in [0.4, 0.5) is 0 Å². The molecule has 1 saturated heterocycles. The van der Waals surface area contributed by atoms with Crippen molar-refractivity contribution in [3.8, 4) is 0 Å². The molecule has 12 heavy (non-hydrogen) atoms. The summed E-state index contributed by atoms with van der Waals surface area (Å²) < 4.78 is 15.9. The first-order chi connectivity index (χ1) is 5.79. The van der Waals surface area contributed by atoms with Crippen molar-refractivity contribution in [2.24, 2.45) is 0 Å². The molecule has 0 aromatic heterocycles. The minimum atomic E-state index is -0.683. The highest BCUT2D eigenvalue weighted by molar-refractivity contribution is 7.90. The third-order valence-corrected chi connectivity index (χ3v) is 2.55. The first kappa shape index (κ1) is 10.3. The molecule has 0 spiro atoms. The molecule has 1 atom stereocenters. The molecule has 1 aliphatic rings. The van der Waals surface area contributed by atoms with Crippen LogP contribution in [0, 0.1) is 6.42 Å². The summed E-state index contributed by atoms with van der Waals surface area (Å²) in [6, 6.07) is 0. The van der Waals surface area contributed by atoms with Gasteiger partial charge in [0.05, 0.1) is 19.5 Å². The van der Waals surface area contributed by atoms with E-state index in [4.69, 9.17) is 4.74 Å². The van der Waals surface area contributed by atoms with Crippen molar-refractivity contribution in [1.29, 1.82) is 0 Å². The van der Waals surface area contributed by atoms with Crippen molar-refractivity contribution in [1.82, 2.24) is 4.90 Å². The zero-order valence-electron chi connectivity index (χ0n) is 7.49. The van der Waals surface area contributed by atoms with Gasteiger partial charge in [-0.1, -0.05) is 11.2 Å². The van der Waals surface area contributed by atoms with Gasteiger partial charge in [-0.2, -0.15) is 0 Å². The number of nitrogens with zero attached hydrogens (tertiary/aromatic N) is 1. The number of morpholine rings is 1. The molecule has 1 heterocycles. The SMILES string of the molecule is C[S+]([O-])C[CH]CN1CCOCC1. The van der Waals surface area contributed by atoms with Crippen LogP contribution in [-0.4, -0.2) is 54.3 Å². The van der Waals surface area contributed by atoms with E-state index in [1.165, 1.54) is 0 Å². The lowest BCUT2D eigenvalue weighted by Crippen LogP contribution is -2.37. The maximum atomic E-state index is 10.7. The number of rotatable bonds is 4. The van der Waals surface area contributed by atoms with Gasteiger partial charge < -0.3 is 9.29 Å². The fourth-order valence-corrected chi connectivity index (χ4v) is 1.62. The van der Waals surface area contributed by atoms with Crippen molar-refractivity contribution in [3.05, 3.63) is 6.42 Å². The largest absolute Gasteiger partial charge is 0.617 e. The fourth-order valence-electron chi connectivity index (χ4n) is 1.18. The quantitative estimate of drug-likeness (QED) is 0.581. The molecule has 1 fully saturated rings. The molecule has 1 radical (unpaired) electrons. The third kappa shape index (κ3) is 4.30. The van der Waals surface area contributed by atoms with Gasteiger partial charge in [-0.3, -0.25) is 4.90 Å². The molecule has 1 rings (SSSR count). The highest BCUT2D eigenvalue weighted by Crippen LogP contribution is 1.98. The van der Waals surface area contributed by atoms with Crippen molar-refractivity contribution in [2.75, 3.05) is 44.9 Å². The Hall–Kier alpha value is 0.230. The molecule has 4 heteroatoms. The highest BCUT2D eigenvalue weighted by Gasteiger charge is 2.10. The van der Waals surface area contributed by atoms with E-state index in [1.54, 1.807) is 6.26 Å². The van der Waals surface area contributed by atoms with E-state index >= 15 is 0 Å². The van der Waals surface area contributed by atoms with Gasteiger partial charge in [-0.15, -0.1) is 0 Å². The van der Waals surface area contributed by atoms with Crippen LogP contribution < -0.4 is 0 Å². The molecule has 0 amide bonds. The van der Waals surface area contributed by atoms with Gasteiger partial charge in [0.15, 0.2) is 0 Å². The average molecular weight is 190 g/mol. The summed E-state index contributed by atoms with van der Waals surface area (Å²) in [5.74, 6) is 0.706. The van der Waals surface area contributed by atoms with E-state index in [2.05, 4.69) is 11.3 Å². The second kappa shape index (κ2) is 5.80. The Labute approximate surface area is 77.3 Å². The summed E-state index contributed by atoms with van der Waals surface area (Å²) in [6.45, 7) is 4.63. The van der Waals surface area contributed by atoms with Gasteiger partial charge in [0.2, 0.25) is 0 Å². The third-order valence-electron chi connectivity index (χ3n) is 1.84. The van der Waals surface area contributed by atoms with Crippen LogP contribution in [0.25, 0.3) is 0 Å². The highest BCUT2D eigenvalue weighted by atomic mass is 32.2. The fraction of sp³-hybridized carbons (Fsp3) is 0.875. The Kier molecular flexibility index (Phi) is 4.99. The molecule has 1 aliphatic heterocycles. The molecule has 3 nitrogen and oxygen atoms in total. The summed E-state index contributed by atoms with van der Waals surface area (Å²) in [7, 11) is 0. The minimum absolute atomic E-state index is 0.683. The van der Waals surface area contributed by atoms with E-state index in [1.807, 2.05) is 0 Å². The van der Waals surface area contributed by atoms with Crippen molar-refractivity contribution in [2.45, 2.75) is 0 Å². The summed E-state index contributed by atoms with van der Waals surface area (Å²) in [5.41, 5.74) is 0. The predicted molar refractivity (Wildman–Crippen MR) is 50.5 cm³/mol. The van der Waals surface area contributed by atoms with Crippen LogP contribution in [0.15, 0.2) is 0 Å². The molecule has 71 valence electrons. The second-order valence-electron chi connectivity index (χ2n) is 2.94. The monoisotopic (exact) mass is 190 g/mol. The van der Waals surface area contributed by atoms with Gasteiger partial charge in [-0.05, 0) is 0 Å². The summed E-state index contributed by atoms with van der Waals surface area (Å²) in [5, 5.41) is 0. The number of ether oxygens (including phenoxy) is 1. The van der Waals surface area contributed by atoms with E-state index in [9.17, 15) is 4.55 Å². The Morgan fingerprint density at radius 2 is 2.17 bits per heavy atom. The summed E-state index contributed by atoms with van der Waals surface area (Å²) in [6.07, 6.45) is 3.82. The van der Waals surface area contributed by atoms with E-state index in [0.717, 1.165) is 32.8 Å². The first-order valence-corrected chi connectivity index (χ1v) is 5.93. The lowest BCUT2D eigenvalue weighted by Gasteiger charge is -2.26. The molecule has 0 aromatic rings. The van der Waals surface area contributed by atoms with Gasteiger partial charge in [0.1, 0.15) is 5.75 Å². The van der Waals surface area contributed by atoms with E-state index < -0.39 is 11.2 Å². The zero-order chi connectivity index (χ0) is 8.81. The molecule has 1 unspecified atom stereocenters. The number of hydrogen-bond donors (Lipinski definition) is 0. The topological polar surface area (TPSA) is 35.5 Å². The van der Waals surface area contributed by atoms with Crippen molar-refractivity contribution >= 4 is 11.2 Å². The Balaban J connectivity index is 1.98. The van der Waals surface area contributed by atoms with Crippen LogP contribution in [-0.2, 0) is 15.9 Å². The lowest BCUT2D eigenvalue weighted by atomic mass is 10.4. The molecular weight excluding hydrogens is 174 g/mol.